The molecule has 0 heterocycles. The summed E-state index contributed by atoms with van der Waals surface area (Å²) < 4.78 is 0. The van der Waals surface area contributed by atoms with E-state index in [0.29, 0.717) is 0 Å². The average molecular weight is 263 g/mol. The van der Waals surface area contributed by atoms with Crippen molar-refractivity contribution >= 4 is 15.9 Å². The number of hydrogen-bond donors (Lipinski definition) is 0. The van der Waals surface area contributed by atoms with E-state index in [0.717, 1.165) is 16.7 Å². The van der Waals surface area contributed by atoms with Crippen LogP contribution in [0.4, 0.5) is 0 Å². The highest BCUT2D eigenvalue weighted by molar-refractivity contribution is 9.09. The summed E-state index contributed by atoms with van der Waals surface area (Å²) in [7, 11) is 0. The second kappa shape index (κ2) is 8.76. The van der Waals surface area contributed by atoms with E-state index >= 15 is 0 Å². The van der Waals surface area contributed by atoms with Crippen molar-refractivity contribution in [1.29, 1.82) is 0 Å². The normalized spacial score (nSPS) is 15.9. The van der Waals surface area contributed by atoms with Gasteiger partial charge in [-0.25, -0.2) is 0 Å². The maximum atomic E-state index is 3.77. The highest BCUT2D eigenvalue weighted by Crippen LogP contribution is 2.24. The van der Waals surface area contributed by atoms with E-state index in [-0.39, 0.29) is 0 Å². The molecule has 2 unspecified atom stereocenters. The molecule has 14 heavy (non-hydrogen) atoms. The maximum Gasteiger partial charge on any atom is 0.0168 e. The first-order chi connectivity index (χ1) is 6.61. The standard InChI is InChI=1S/C13H27Br/c1-5-7-8-12(6-2)9-10-13(14)11(3)4/h11-13H,5-10H2,1-4H3. The van der Waals surface area contributed by atoms with Crippen molar-refractivity contribution in [2.24, 2.45) is 11.8 Å². The van der Waals surface area contributed by atoms with Gasteiger partial charge >= 0.3 is 0 Å². The second-order valence-electron chi connectivity index (χ2n) is 4.75. The Morgan fingerprint density at radius 2 is 1.64 bits per heavy atom. The summed E-state index contributed by atoms with van der Waals surface area (Å²) in [6.45, 7) is 9.21. The van der Waals surface area contributed by atoms with Gasteiger partial charge in [0, 0.05) is 4.83 Å². The van der Waals surface area contributed by atoms with Crippen LogP contribution in [-0.4, -0.2) is 4.83 Å². The fraction of sp³-hybridized carbons (Fsp3) is 1.00. The fourth-order valence-electron chi connectivity index (χ4n) is 1.77. The molecule has 0 fully saturated rings. The molecule has 0 amide bonds. The third-order valence-corrected chi connectivity index (χ3v) is 4.63. The van der Waals surface area contributed by atoms with Crippen LogP contribution in [-0.2, 0) is 0 Å². The third kappa shape index (κ3) is 6.86. The van der Waals surface area contributed by atoms with Crippen molar-refractivity contribution in [1.82, 2.24) is 0 Å². The third-order valence-electron chi connectivity index (χ3n) is 3.12. The lowest BCUT2D eigenvalue weighted by Gasteiger charge is -2.18. The first kappa shape index (κ1) is 14.5. The molecule has 0 aliphatic carbocycles. The highest BCUT2D eigenvalue weighted by atomic mass is 79.9. The summed E-state index contributed by atoms with van der Waals surface area (Å²) in [5, 5.41) is 0. The number of halogens is 1. The molecule has 0 rings (SSSR count). The van der Waals surface area contributed by atoms with E-state index in [4.69, 9.17) is 0 Å². The molecule has 2 atom stereocenters. The van der Waals surface area contributed by atoms with Crippen LogP contribution >= 0.6 is 15.9 Å². The Balaban J connectivity index is 3.60. The summed E-state index contributed by atoms with van der Waals surface area (Å²) in [4.78, 5) is 0.721. The number of alkyl halides is 1. The van der Waals surface area contributed by atoms with Gasteiger partial charge in [-0.2, -0.15) is 0 Å². The molecule has 0 aliphatic heterocycles. The minimum atomic E-state index is 0.721. The second-order valence-corrected chi connectivity index (χ2v) is 5.93. The predicted molar refractivity (Wildman–Crippen MR) is 70.1 cm³/mol. The maximum absolute atomic E-state index is 3.77. The molecule has 0 spiro atoms. The minimum absolute atomic E-state index is 0.721. The van der Waals surface area contributed by atoms with Gasteiger partial charge in [0.2, 0.25) is 0 Å². The number of hydrogen-bond acceptors (Lipinski definition) is 0. The van der Waals surface area contributed by atoms with Crippen LogP contribution in [0.25, 0.3) is 0 Å². The molecule has 0 aromatic carbocycles. The lowest BCUT2D eigenvalue weighted by molar-refractivity contribution is 0.395. The first-order valence-corrected chi connectivity index (χ1v) is 7.17. The molecular formula is C13H27Br. The Labute approximate surface area is 99.0 Å². The van der Waals surface area contributed by atoms with Crippen molar-refractivity contribution in [3.05, 3.63) is 0 Å². The average Bonchev–Trinajstić information content (AvgIpc) is 2.17. The lowest BCUT2D eigenvalue weighted by Crippen LogP contribution is -2.10. The summed E-state index contributed by atoms with van der Waals surface area (Å²) in [6, 6.07) is 0. The molecule has 0 nitrogen and oxygen atoms in total. The molecule has 0 aromatic heterocycles. The van der Waals surface area contributed by atoms with Crippen LogP contribution in [0.3, 0.4) is 0 Å². The largest absolute Gasteiger partial charge is 0.0888 e. The van der Waals surface area contributed by atoms with Gasteiger partial charge in [0.05, 0.1) is 0 Å². The Kier molecular flexibility index (Phi) is 9.06. The van der Waals surface area contributed by atoms with Crippen LogP contribution in [0, 0.1) is 11.8 Å². The first-order valence-electron chi connectivity index (χ1n) is 6.25. The van der Waals surface area contributed by atoms with Gasteiger partial charge < -0.3 is 0 Å². The van der Waals surface area contributed by atoms with E-state index < -0.39 is 0 Å². The molecular weight excluding hydrogens is 236 g/mol. The smallest absolute Gasteiger partial charge is 0.0168 e. The van der Waals surface area contributed by atoms with Gasteiger partial charge in [-0.15, -0.1) is 0 Å². The molecule has 0 saturated carbocycles. The van der Waals surface area contributed by atoms with Crippen molar-refractivity contribution in [3.63, 3.8) is 0 Å². The summed E-state index contributed by atoms with van der Waals surface area (Å²) in [5.41, 5.74) is 0. The number of unbranched alkanes of at least 4 members (excludes halogenated alkanes) is 1. The van der Waals surface area contributed by atoms with Gasteiger partial charge in [-0.3, -0.25) is 0 Å². The van der Waals surface area contributed by atoms with E-state index in [2.05, 4.69) is 43.6 Å². The van der Waals surface area contributed by atoms with Crippen LogP contribution in [0.1, 0.15) is 66.2 Å². The molecule has 0 N–H and O–H groups in total. The van der Waals surface area contributed by atoms with Gasteiger partial charge in [0.25, 0.3) is 0 Å². The molecule has 0 aromatic rings. The van der Waals surface area contributed by atoms with Crippen LogP contribution in [0.5, 0.6) is 0 Å². The Bertz CT molecular complexity index is 120. The van der Waals surface area contributed by atoms with Gasteiger partial charge in [-0.1, -0.05) is 69.3 Å². The van der Waals surface area contributed by atoms with Crippen molar-refractivity contribution in [2.75, 3.05) is 0 Å². The summed E-state index contributed by atoms with van der Waals surface area (Å²) >= 11 is 3.77. The van der Waals surface area contributed by atoms with Crippen molar-refractivity contribution in [2.45, 2.75) is 71.0 Å². The van der Waals surface area contributed by atoms with E-state index in [1.54, 1.807) is 0 Å². The quantitative estimate of drug-likeness (QED) is 0.514. The van der Waals surface area contributed by atoms with E-state index in [1.807, 2.05) is 0 Å². The van der Waals surface area contributed by atoms with Crippen molar-refractivity contribution in [3.8, 4) is 0 Å². The summed E-state index contributed by atoms with van der Waals surface area (Å²) in [6.07, 6.45) is 8.30. The topological polar surface area (TPSA) is 0 Å². The number of rotatable bonds is 8. The Hall–Kier alpha value is 0.480. The molecule has 0 radical (unpaired) electrons. The zero-order chi connectivity index (χ0) is 11.0. The fourth-order valence-corrected chi connectivity index (χ4v) is 2.04. The van der Waals surface area contributed by atoms with Gasteiger partial charge in [0.1, 0.15) is 0 Å². The van der Waals surface area contributed by atoms with Crippen LogP contribution in [0.15, 0.2) is 0 Å². The zero-order valence-electron chi connectivity index (χ0n) is 10.4. The molecule has 86 valence electrons. The predicted octanol–water partition coefficient (Wildman–Crippen LogP) is 5.40. The minimum Gasteiger partial charge on any atom is -0.0888 e. The molecule has 0 saturated heterocycles. The highest BCUT2D eigenvalue weighted by Gasteiger charge is 2.12. The SMILES string of the molecule is CCCCC(CC)CCC(Br)C(C)C. The lowest BCUT2D eigenvalue weighted by atomic mass is 9.92. The molecule has 0 bridgehead atoms. The summed E-state index contributed by atoms with van der Waals surface area (Å²) in [5.74, 6) is 1.74. The Morgan fingerprint density at radius 1 is 1.00 bits per heavy atom. The van der Waals surface area contributed by atoms with E-state index in [9.17, 15) is 0 Å². The van der Waals surface area contributed by atoms with Gasteiger partial charge in [0.15, 0.2) is 0 Å². The van der Waals surface area contributed by atoms with Crippen LogP contribution < -0.4 is 0 Å². The van der Waals surface area contributed by atoms with Crippen LogP contribution in [0.2, 0.25) is 0 Å². The van der Waals surface area contributed by atoms with Crippen molar-refractivity contribution < 1.29 is 0 Å². The zero-order valence-corrected chi connectivity index (χ0v) is 11.9. The molecule has 1 heteroatoms. The monoisotopic (exact) mass is 262 g/mol. The van der Waals surface area contributed by atoms with E-state index in [1.165, 1.54) is 38.5 Å². The Morgan fingerprint density at radius 3 is 2.07 bits per heavy atom. The van der Waals surface area contributed by atoms with Gasteiger partial charge in [-0.05, 0) is 24.7 Å². The molecule has 0 aliphatic rings.